The van der Waals surface area contributed by atoms with Crippen molar-refractivity contribution in [2.24, 2.45) is 0 Å². The van der Waals surface area contributed by atoms with E-state index in [1.807, 2.05) is 0 Å². The SMILES string of the molecule is COC(=O)CC(c1ccc2c(c1)OCCO2)c1oc(CN2CCCCC2)cc(=O)c1O. The lowest BCUT2D eigenvalue weighted by Gasteiger charge is -2.26. The monoisotopic (exact) mass is 429 g/mol. The molecule has 3 heterocycles. The zero-order valence-electron chi connectivity index (χ0n) is 17.6. The van der Waals surface area contributed by atoms with Crippen molar-refractivity contribution < 1.29 is 28.5 Å². The van der Waals surface area contributed by atoms with Gasteiger partial charge in [-0.2, -0.15) is 0 Å². The van der Waals surface area contributed by atoms with Crippen LogP contribution in [0.5, 0.6) is 17.2 Å². The molecule has 0 radical (unpaired) electrons. The van der Waals surface area contributed by atoms with Gasteiger partial charge in [-0.3, -0.25) is 14.5 Å². The number of fused-ring (bicyclic) bond motifs is 1. The summed E-state index contributed by atoms with van der Waals surface area (Å²) in [6.45, 7) is 3.24. The Kier molecular flexibility index (Phi) is 6.46. The molecule has 1 aromatic carbocycles. The van der Waals surface area contributed by atoms with Crippen LogP contribution in [-0.2, 0) is 16.1 Å². The number of likely N-dealkylation sites (tertiary alicyclic amines) is 1. The van der Waals surface area contributed by atoms with E-state index in [-0.39, 0.29) is 12.2 Å². The summed E-state index contributed by atoms with van der Waals surface area (Å²) in [5, 5.41) is 10.6. The van der Waals surface area contributed by atoms with Gasteiger partial charge in [0.25, 0.3) is 0 Å². The van der Waals surface area contributed by atoms with Crippen molar-refractivity contribution >= 4 is 5.97 Å². The molecule has 0 spiro atoms. The number of hydrogen-bond acceptors (Lipinski definition) is 8. The average Bonchev–Trinajstić information content (AvgIpc) is 2.80. The molecule has 8 nitrogen and oxygen atoms in total. The number of carbonyl (C=O) groups is 1. The first kappa shape index (κ1) is 21.2. The topological polar surface area (TPSA) is 98.4 Å². The summed E-state index contributed by atoms with van der Waals surface area (Å²) in [5.41, 5.74) is 0.129. The van der Waals surface area contributed by atoms with Crippen molar-refractivity contribution in [1.82, 2.24) is 4.90 Å². The summed E-state index contributed by atoms with van der Waals surface area (Å²) in [5.74, 6) is -0.0122. The van der Waals surface area contributed by atoms with Crippen molar-refractivity contribution in [1.29, 1.82) is 0 Å². The molecule has 0 bridgehead atoms. The largest absolute Gasteiger partial charge is 0.502 e. The number of piperidine rings is 1. The minimum absolute atomic E-state index is 0.0570. The summed E-state index contributed by atoms with van der Waals surface area (Å²) in [7, 11) is 1.30. The molecule has 1 N–H and O–H groups in total. The normalized spacial score (nSPS) is 17.2. The van der Waals surface area contributed by atoms with Crippen LogP contribution in [0.4, 0.5) is 0 Å². The lowest BCUT2D eigenvalue weighted by molar-refractivity contribution is -0.140. The Hall–Kier alpha value is -3.00. The van der Waals surface area contributed by atoms with Crippen molar-refractivity contribution in [3.05, 3.63) is 51.6 Å². The fourth-order valence-electron chi connectivity index (χ4n) is 4.10. The lowest BCUT2D eigenvalue weighted by Crippen LogP contribution is -2.29. The van der Waals surface area contributed by atoms with E-state index < -0.39 is 23.1 Å². The standard InChI is InChI=1S/C23H27NO7/c1-28-21(26)13-17(15-5-6-19-20(11-15)30-10-9-29-19)23-22(27)18(25)12-16(31-23)14-24-7-3-2-4-8-24/h5-6,11-12,17,27H,2-4,7-10,13-14H2,1H3. The Morgan fingerprint density at radius 2 is 1.87 bits per heavy atom. The van der Waals surface area contributed by atoms with Crippen LogP contribution in [0, 0.1) is 0 Å². The number of methoxy groups -OCH3 is 1. The third-order valence-electron chi connectivity index (χ3n) is 5.71. The predicted octanol–water partition coefficient (Wildman–Crippen LogP) is 2.80. The number of carbonyl (C=O) groups excluding carboxylic acids is 1. The van der Waals surface area contributed by atoms with Gasteiger partial charge in [0.05, 0.1) is 26.0 Å². The highest BCUT2D eigenvalue weighted by molar-refractivity contribution is 5.71. The van der Waals surface area contributed by atoms with E-state index in [1.165, 1.54) is 19.6 Å². The number of nitrogens with zero attached hydrogens (tertiary/aromatic N) is 1. The number of rotatable bonds is 6. The number of aromatic hydroxyl groups is 1. The summed E-state index contributed by atoms with van der Waals surface area (Å²) in [4.78, 5) is 26.9. The van der Waals surface area contributed by atoms with E-state index in [9.17, 15) is 14.7 Å². The first-order chi connectivity index (χ1) is 15.0. The van der Waals surface area contributed by atoms with Crippen LogP contribution in [0.25, 0.3) is 0 Å². The van der Waals surface area contributed by atoms with Crippen LogP contribution in [0.15, 0.2) is 33.5 Å². The van der Waals surface area contributed by atoms with E-state index in [0.29, 0.717) is 42.6 Å². The van der Waals surface area contributed by atoms with Gasteiger partial charge in [-0.05, 0) is 43.6 Å². The van der Waals surface area contributed by atoms with Gasteiger partial charge in [-0.1, -0.05) is 12.5 Å². The second kappa shape index (κ2) is 9.43. The summed E-state index contributed by atoms with van der Waals surface area (Å²) < 4.78 is 22.1. The minimum Gasteiger partial charge on any atom is -0.502 e. The molecule has 8 heteroatoms. The van der Waals surface area contributed by atoms with Gasteiger partial charge in [0.1, 0.15) is 19.0 Å². The summed E-state index contributed by atoms with van der Waals surface area (Å²) in [6, 6.07) is 6.60. The molecule has 0 aliphatic carbocycles. The fourth-order valence-corrected chi connectivity index (χ4v) is 4.10. The molecule has 0 amide bonds. The first-order valence-corrected chi connectivity index (χ1v) is 10.6. The molecule has 1 unspecified atom stereocenters. The van der Waals surface area contributed by atoms with E-state index in [1.54, 1.807) is 18.2 Å². The Labute approximate surface area is 180 Å². The molecule has 166 valence electrons. The van der Waals surface area contributed by atoms with Crippen molar-refractivity contribution in [2.75, 3.05) is 33.4 Å². The maximum Gasteiger partial charge on any atom is 0.306 e. The Balaban J connectivity index is 1.72. The van der Waals surface area contributed by atoms with Crippen molar-refractivity contribution in [2.45, 2.75) is 38.1 Å². The molecule has 1 fully saturated rings. The Bertz CT molecular complexity index is 994. The second-order valence-corrected chi connectivity index (χ2v) is 7.86. The van der Waals surface area contributed by atoms with E-state index in [0.717, 1.165) is 25.9 Å². The van der Waals surface area contributed by atoms with Crippen LogP contribution in [0.3, 0.4) is 0 Å². The van der Waals surface area contributed by atoms with Gasteiger partial charge in [0.2, 0.25) is 11.2 Å². The van der Waals surface area contributed by atoms with E-state index >= 15 is 0 Å². The maximum atomic E-state index is 12.5. The third-order valence-corrected chi connectivity index (χ3v) is 5.71. The van der Waals surface area contributed by atoms with Crippen LogP contribution in [0.1, 0.15) is 48.7 Å². The van der Waals surface area contributed by atoms with Gasteiger partial charge in [0.15, 0.2) is 17.3 Å². The molecule has 31 heavy (non-hydrogen) atoms. The molecule has 2 aromatic rings. The first-order valence-electron chi connectivity index (χ1n) is 10.6. The average molecular weight is 429 g/mol. The molecule has 0 saturated carbocycles. The maximum absolute atomic E-state index is 12.5. The number of ether oxygens (including phenoxy) is 3. The molecular weight excluding hydrogens is 402 g/mol. The second-order valence-electron chi connectivity index (χ2n) is 7.86. The van der Waals surface area contributed by atoms with Gasteiger partial charge >= 0.3 is 5.97 Å². The molecule has 1 saturated heterocycles. The van der Waals surface area contributed by atoms with Crippen LogP contribution >= 0.6 is 0 Å². The highest BCUT2D eigenvalue weighted by atomic mass is 16.6. The smallest absolute Gasteiger partial charge is 0.306 e. The van der Waals surface area contributed by atoms with Gasteiger partial charge in [0, 0.05) is 6.07 Å². The number of benzene rings is 1. The van der Waals surface area contributed by atoms with Crippen LogP contribution in [-0.4, -0.2) is 49.4 Å². The number of esters is 1. The lowest BCUT2D eigenvalue weighted by atomic mass is 9.91. The summed E-state index contributed by atoms with van der Waals surface area (Å²) >= 11 is 0. The quantitative estimate of drug-likeness (QED) is 0.700. The zero-order valence-corrected chi connectivity index (χ0v) is 17.6. The van der Waals surface area contributed by atoms with Gasteiger partial charge in [-0.15, -0.1) is 0 Å². The van der Waals surface area contributed by atoms with Crippen LogP contribution in [0.2, 0.25) is 0 Å². The number of hydrogen-bond donors (Lipinski definition) is 1. The molecule has 1 atom stereocenters. The van der Waals surface area contributed by atoms with Crippen LogP contribution < -0.4 is 14.9 Å². The van der Waals surface area contributed by atoms with Gasteiger partial charge in [-0.25, -0.2) is 0 Å². The molecule has 4 rings (SSSR count). The Morgan fingerprint density at radius 3 is 2.61 bits per heavy atom. The molecule has 2 aliphatic rings. The highest BCUT2D eigenvalue weighted by Crippen LogP contribution is 2.38. The van der Waals surface area contributed by atoms with E-state index in [4.69, 9.17) is 18.6 Å². The van der Waals surface area contributed by atoms with E-state index in [2.05, 4.69) is 4.90 Å². The van der Waals surface area contributed by atoms with Crippen molar-refractivity contribution in [3.8, 4) is 17.2 Å². The third kappa shape index (κ3) is 4.85. The predicted molar refractivity (Wildman–Crippen MR) is 112 cm³/mol. The highest BCUT2D eigenvalue weighted by Gasteiger charge is 2.28. The molecule has 1 aromatic heterocycles. The Morgan fingerprint density at radius 1 is 1.13 bits per heavy atom. The molecular formula is C23H27NO7. The van der Waals surface area contributed by atoms with Crippen molar-refractivity contribution in [3.63, 3.8) is 0 Å². The molecule has 2 aliphatic heterocycles. The minimum atomic E-state index is -0.711. The summed E-state index contributed by atoms with van der Waals surface area (Å²) in [6.07, 6.45) is 3.32. The zero-order chi connectivity index (χ0) is 21.8. The fraction of sp³-hybridized carbons (Fsp3) is 0.478. The van der Waals surface area contributed by atoms with Gasteiger partial charge < -0.3 is 23.7 Å².